The molecule has 0 saturated heterocycles. The summed E-state index contributed by atoms with van der Waals surface area (Å²) in [4.78, 5) is 10.9. The largest absolute Gasteiger partial charge is 0.296 e. The summed E-state index contributed by atoms with van der Waals surface area (Å²) in [6.45, 7) is 7.40. The summed E-state index contributed by atoms with van der Waals surface area (Å²) < 4.78 is 1.77. The molecule has 2 aromatic rings. The zero-order valence-corrected chi connectivity index (χ0v) is 13.1. The molecule has 5 nitrogen and oxygen atoms in total. The van der Waals surface area contributed by atoms with Crippen molar-refractivity contribution in [2.45, 2.75) is 20.3 Å². The molecule has 0 saturated carbocycles. The Hall–Kier alpha value is -2.27. The van der Waals surface area contributed by atoms with E-state index in [0.29, 0.717) is 5.95 Å². The van der Waals surface area contributed by atoms with Crippen LogP contribution >= 0.6 is 0 Å². The van der Waals surface area contributed by atoms with Crippen LogP contribution in [0.4, 0.5) is 0 Å². The van der Waals surface area contributed by atoms with Gasteiger partial charge in [0.15, 0.2) is 0 Å². The van der Waals surface area contributed by atoms with Gasteiger partial charge in [0.25, 0.3) is 5.95 Å². The quantitative estimate of drug-likeness (QED) is 0.814. The van der Waals surface area contributed by atoms with E-state index >= 15 is 0 Å². The first kappa shape index (κ1) is 14.7. The molecule has 0 N–H and O–H groups in total. The highest BCUT2D eigenvalue weighted by Crippen LogP contribution is 2.13. The van der Waals surface area contributed by atoms with E-state index in [-0.39, 0.29) is 0 Å². The molecule has 3 heterocycles. The summed E-state index contributed by atoms with van der Waals surface area (Å²) in [5, 5.41) is 4.38. The Labute approximate surface area is 131 Å². The molecule has 0 fully saturated rings. The minimum atomic E-state index is 0.608. The van der Waals surface area contributed by atoms with Crippen LogP contribution in [0.15, 0.2) is 42.4 Å². The SMILES string of the molecule is CC1=CCN(C/C=C/c2cnn(-c3ncccn3)c2C)CC1. The zero-order valence-electron chi connectivity index (χ0n) is 13.1. The monoisotopic (exact) mass is 295 g/mol. The van der Waals surface area contributed by atoms with Gasteiger partial charge in [-0.05, 0) is 26.3 Å². The summed E-state index contributed by atoms with van der Waals surface area (Å²) >= 11 is 0. The highest BCUT2D eigenvalue weighted by Gasteiger charge is 2.09. The molecule has 0 spiro atoms. The van der Waals surface area contributed by atoms with E-state index in [1.54, 1.807) is 23.1 Å². The Kier molecular flexibility index (Phi) is 4.44. The molecule has 3 rings (SSSR count). The van der Waals surface area contributed by atoms with Crippen LogP contribution in [0, 0.1) is 6.92 Å². The van der Waals surface area contributed by atoms with Gasteiger partial charge in [0.1, 0.15) is 0 Å². The summed E-state index contributed by atoms with van der Waals surface area (Å²) in [5.74, 6) is 0.608. The van der Waals surface area contributed by atoms with Crippen LogP contribution in [0.2, 0.25) is 0 Å². The highest BCUT2D eigenvalue weighted by molar-refractivity contribution is 5.51. The molecule has 114 valence electrons. The minimum absolute atomic E-state index is 0.608. The first-order chi connectivity index (χ1) is 10.7. The van der Waals surface area contributed by atoms with Crippen molar-refractivity contribution in [2.24, 2.45) is 0 Å². The average molecular weight is 295 g/mol. The Morgan fingerprint density at radius 3 is 2.77 bits per heavy atom. The van der Waals surface area contributed by atoms with Crippen molar-refractivity contribution in [3.63, 3.8) is 0 Å². The molecule has 0 aromatic carbocycles. The van der Waals surface area contributed by atoms with E-state index in [1.165, 1.54) is 12.0 Å². The normalized spacial score (nSPS) is 16.2. The fraction of sp³-hybridized carbons (Fsp3) is 0.353. The van der Waals surface area contributed by atoms with E-state index in [0.717, 1.165) is 30.9 Å². The van der Waals surface area contributed by atoms with Gasteiger partial charge in [0.05, 0.1) is 11.9 Å². The number of nitrogens with zero attached hydrogens (tertiary/aromatic N) is 5. The second-order valence-electron chi connectivity index (χ2n) is 5.61. The minimum Gasteiger partial charge on any atom is -0.296 e. The first-order valence-electron chi connectivity index (χ1n) is 7.60. The zero-order chi connectivity index (χ0) is 15.4. The van der Waals surface area contributed by atoms with Crippen LogP contribution in [-0.4, -0.2) is 44.3 Å². The van der Waals surface area contributed by atoms with E-state index in [4.69, 9.17) is 0 Å². The van der Waals surface area contributed by atoms with Crippen molar-refractivity contribution in [1.29, 1.82) is 0 Å². The van der Waals surface area contributed by atoms with Crippen LogP contribution in [0.3, 0.4) is 0 Å². The Morgan fingerprint density at radius 1 is 1.23 bits per heavy atom. The van der Waals surface area contributed by atoms with Crippen molar-refractivity contribution in [1.82, 2.24) is 24.6 Å². The Morgan fingerprint density at radius 2 is 2.05 bits per heavy atom. The molecular formula is C17H21N5. The maximum absolute atomic E-state index is 4.38. The van der Waals surface area contributed by atoms with Crippen LogP contribution in [0.5, 0.6) is 0 Å². The molecule has 1 aliphatic rings. The molecular weight excluding hydrogens is 274 g/mol. The molecule has 0 radical (unpaired) electrons. The predicted octanol–water partition coefficient (Wildman–Crippen LogP) is 2.64. The van der Waals surface area contributed by atoms with Gasteiger partial charge in [0, 0.05) is 37.6 Å². The molecule has 22 heavy (non-hydrogen) atoms. The number of hydrogen-bond acceptors (Lipinski definition) is 4. The third kappa shape index (κ3) is 3.31. The maximum Gasteiger partial charge on any atom is 0.250 e. The van der Waals surface area contributed by atoms with Crippen LogP contribution in [0.25, 0.3) is 12.0 Å². The van der Waals surface area contributed by atoms with Gasteiger partial charge in [-0.15, -0.1) is 0 Å². The van der Waals surface area contributed by atoms with Crippen LogP contribution in [-0.2, 0) is 0 Å². The fourth-order valence-electron chi connectivity index (χ4n) is 2.50. The third-order valence-corrected chi connectivity index (χ3v) is 3.97. The van der Waals surface area contributed by atoms with Gasteiger partial charge in [-0.1, -0.05) is 23.8 Å². The molecule has 5 heteroatoms. The van der Waals surface area contributed by atoms with E-state index < -0.39 is 0 Å². The molecule has 0 bridgehead atoms. The molecule has 0 amide bonds. The Bertz CT molecular complexity index is 684. The van der Waals surface area contributed by atoms with Gasteiger partial charge in [0.2, 0.25) is 0 Å². The van der Waals surface area contributed by atoms with Gasteiger partial charge < -0.3 is 0 Å². The summed E-state index contributed by atoms with van der Waals surface area (Å²) in [7, 11) is 0. The van der Waals surface area contributed by atoms with Crippen molar-refractivity contribution >= 4 is 6.08 Å². The molecule has 1 aliphatic heterocycles. The van der Waals surface area contributed by atoms with Gasteiger partial charge >= 0.3 is 0 Å². The summed E-state index contributed by atoms with van der Waals surface area (Å²) in [5.41, 5.74) is 3.66. The van der Waals surface area contributed by atoms with Gasteiger partial charge in [-0.3, -0.25) is 4.90 Å². The fourth-order valence-corrected chi connectivity index (χ4v) is 2.50. The summed E-state index contributed by atoms with van der Waals surface area (Å²) in [6, 6.07) is 1.80. The molecule has 0 unspecified atom stereocenters. The molecule has 2 aromatic heterocycles. The van der Waals surface area contributed by atoms with Crippen molar-refractivity contribution < 1.29 is 0 Å². The lowest BCUT2D eigenvalue weighted by atomic mass is 10.1. The molecule has 0 atom stereocenters. The van der Waals surface area contributed by atoms with Gasteiger partial charge in [-0.25, -0.2) is 14.6 Å². The van der Waals surface area contributed by atoms with E-state index in [1.807, 2.05) is 13.1 Å². The molecule has 0 aliphatic carbocycles. The van der Waals surface area contributed by atoms with Crippen molar-refractivity contribution in [2.75, 3.05) is 19.6 Å². The predicted molar refractivity (Wildman–Crippen MR) is 87.7 cm³/mol. The third-order valence-electron chi connectivity index (χ3n) is 3.97. The maximum atomic E-state index is 4.38. The van der Waals surface area contributed by atoms with E-state index in [2.05, 4.69) is 45.1 Å². The number of hydrogen-bond donors (Lipinski definition) is 0. The lowest BCUT2D eigenvalue weighted by Crippen LogP contribution is -2.28. The van der Waals surface area contributed by atoms with Crippen LogP contribution in [0.1, 0.15) is 24.6 Å². The lowest BCUT2D eigenvalue weighted by molar-refractivity contribution is 0.326. The van der Waals surface area contributed by atoms with Crippen molar-refractivity contribution in [3.05, 3.63) is 53.6 Å². The topological polar surface area (TPSA) is 46.8 Å². The average Bonchev–Trinajstić information content (AvgIpc) is 2.91. The second-order valence-corrected chi connectivity index (χ2v) is 5.61. The highest BCUT2D eigenvalue weighted by atomic mass is 15.3. The van der Waals surface area contributed by atoms with Gasteiger partial charge in [-0.2, -0.15) is 5.10 Å². The van der Waals surface area contributed by atoms with Crippen LogP contribution < -0.4 is 0 Å². The standard InChI is InChI=1S/C17H21N5/c1-14-6-11-21(12-7-14)10-3-5-16-13-20-22(15(16)2)17-18-8-4-9-19-17/h3-6,8-9,13H,7,10-12H2,1-2H3/b5-3+. The second kappa shape index (κ2) is 6.66. The first-order valence-corrected chi connectivity index (χ1v) is 7.60. The smallest absolute Gasteiger partial charge is 0.250 e. The number of aromatic nitrogens is 4. The Balaban J connectivity index is 1.66. The summed E-state index contributed by atoms with van der Waals surface area (Å²) in [6.07, 6.45) is 13.1. The van der Waals surface area contributed by atoms with Crippen molar-refractivity contribution in [3.8, 4) is 5.95 Å². The van der Waals surface area contributed by atoms with E-state index in [9.17, 15) is 0 Å². The lowest BCUT2D eigenvalue weighted by Gasteiger charge is -2.23. The number of rotatable bonds is 4.